The number of esters is 1. The normalized spacial score (nSPS) is 10.3. The molecule has 1 heterocycles. The summed E-state index contributed by atoms with van der Waals surface area (Å²) in [6.45, 7) is 1.27. The average Bonchev–Trinajstić information content (AvgIpc) is 2.86. The molecule has 1 N–H and O–H groups in total. The molecule has 5 nitrogen and oxygen atoms in total. The van der Waals surface area contributed by atoms with E-state index in [-0.39, 0.29) is 27.2 Å². The first-order valence-corrected chi connectivity index (χ1v) is 6.56. The second-order valence-electron chi connectivity index (χ2n) is 3.99. The third-order valence-corrected chi connectivity index (χ3v) is 3.57. The predicted molar refractivity (Wildman–Crippen MR) is 73.1 cm³/mol. The summed E-state index contributed by atoms with van der Waals surface area (Å²) >= 11 is 0.859. The number of methoxy groups -OCH3 is 1. The minimum absolute atomic E-state index is 0.0844. The molecule has 0 saturated heterocycles. The van der Waals surface area contributed by atoms with Crippen LogP contribution in [-0.2, 0) is 4.74 Å². The average molecular weight is 312 g/mol. The van der Waals surface area contributed by atoms with Gasteiger partial charge in [0, 0.05) is 13.0 Å². The zero-order valence-corrected chi connectivity index (χ0v) is 11.9. The molecule has 1 aromatic heterocycles. The molecule has 2 aromatic rings. The number of thiazole rings is 1. The third kappa shape index (κ3) is 3.22. The van der Waals surface area contributed by atoms with Gasteiger partial charge in [-0.25, -0.2) is 18.6 Å². The molecule has 1 aromatic carbocycles. The summed E-state index contributed by atoms with van der Waals surface area (Å²) in [5.41, 5.74) is -0.301. The maximum atomic E-state index is 13.5. The van der Waals surface area contributed by atoms with Crippen molar-refractivity contribution in [2.75, 3.05) is 12.4 Å². The lowest BCUT2D eigenvalue weighted by atomic mass is 10.3. The molecular weight excluding hydrogens is 302 g/mol. The molecule has 0 unspecified atom stereocenters. The van der Waals surface area contributed by atoms with Gasteiger partial charge in [0.1, 0.15) is 16.5 Å². The number of carbonyl (C=O) groups excluding carboxylic acids is 2. The Morgan fingerprint density at radius 3 is 2.67 bits per heavy atom. The van der Waals surface area contributed by atoms with Gasteiger partial charge in [-0.15, -0.1) is 0 Å². The van der Waals surface area contributed by atoms with Crippen LogP contribution < -0.4 is 5.32 Å². The smallest absolute Gasteiger partial charge is 0.358 e. The van der Waals surface area contributed by atoms with Gasteiger partial charge in [0.25, 0.3) is 0 Å². The maximum absolute atomic E-state index is 13.5. The molecule has 0 saturated carbocycles. The summed E-state index contributed by atoms with van der Waals surface area (Å²) < 4.78 is 31.2. The van der Waals surface area contributed by atoms with Gasteiger partial charge in [-0.1, -0.05) is 11.3 Å². The van der Waals surface area contributed by atoms with Crippen molar-refractivity contribution in [2.24, 2.45) is 0 Å². The van der Waals surface area contributed by atoms with Crippen LogP contribution in [0.3, 0.4) is 0 Å². The molecule has 8 heteroatoms. The van der Waals surface area contributed by atoms with E-state index in [1.165, 1.54) is 6.92 Å². The molecule has 0 amide bonds. The zero-order chi connectivity index (χ0) is 15.6. The van der Waals surface area contributed by atoms with Gasteiger partial charge >= 0.3 is 5.97 Å². The van der Waals surface area contributed by atoms with Crippen molar-refractivity contribution in [2.45, 2.75) is 6.92 Å². The van der Waals surface area contributed by atoms with Gasteiger partial charge < -0.3 is 10.1 Å². The summed E-state index contributed by atoms with van der Waals surface area (Å²) in [5.74, 6) is -2.46. The quantitative estimate of drug-likeness (QED) is 0.694. The lowest BCUT2D eigenvalue weighted by Gasteiger charge is -2.03. The Balaban J connectivity index is 2.39. The molecule has 0 radical (unpaired) electrons. The molecule has 2 rings (SSSR count). The molecular formula is C13H10F2N2O3S. The number of carbonyl (C=O) groups is 2. The van der Waals surface area contributed by atoms with Crippen molar-refractivity contribution < 1.29 is 23.1 Å². The van der Waals surface area contributed by atoms with E-state index < -0.39 is 17.6 Å². The number of halogens is 2. The van der Waals surface area contributed by atoms with Crippen molar-refractivity contribution in [3.63, 3.8) is 0 Å². The number of Topliss-reactive ketones (excluding diaryl/α,β-unsaturated/α-hetero) is 1. The Morgan fingerprint density at radius 2 is 2.05 bits per heavy atom. The number of hydrogen-bond donors (Lipinski definition) is 1. The highest BCUT2D eigenvalue weighted by Gasteiger charge is 2.22. The second kappa shape index (κ2) is 5.96. The minimum atomic E-state index is -0.774. The SMILES string of the molecule is COC(=O)c1nc(Nc2cc(F)ccc2F)sc1C(C)=O. The van der Waals surface area contributed by atoms with Crippen LogP contribution in [0.4, 0.5) is 19.6 Å². The van der Waals surface area contributed by atoms with Crippen molar-refractivity contribution >= 4 is 33.9 Å². The number of hydrogen-bond acceptors (Lipinski definition) is 6. The summed E-state index contributed by atoms with van der Waals surface area (Å²) in [6.07, 6.45) is 0. The Hall–Kier alpha value is -2.35. The fourth-order valence-corrected chi connectivity index (χ4v) is 2.42. The molecule has 0 aliphatic carbocycles. The number of benzene rings is 1. The highest BCUT2D eigenvalue weighted by Crippen LogP contribution is 2.28. The van der Waals surface area contributed by atoms with Gasteiger partial charge in [-0.2, -0.15) is 0 Å². The number of ether oxygens (including phenoxy) is 1. The van der Waals surface area contributed by atoms with Gasteiger partial charge in [0.05, 0.1) is 12.8 Å². The third-order valence-electron chi connectivity index (χ3n) is 2.50. The first kappa shape index (κ1) is 15.0. The maximum Gasteiger partial charge on any atom is 0.358 e. The summed E-state index contributed by atoms with van der Waals surface area (Å²) in [7, 11) is 1.16. The van der Waals surface area contributed by atoms with Gasteiger partial charge in [-0.05, 0) is 12.1 Å². The lowest BCUT2D eigenvalue weighted by molar-refractivity contribution is 0.0591. The number of aromatic nitrogens is 1. The fraction of sp³-hybridized carbons (Fsp3) is 0.154. The number of nitrogens with zero attached hydrogens (tertiary/aromatic N) is 1. The van der Waals surface area contributed by atoms with E-state index in [0.717, 1.165) is 36.6 Å². The van der Waals surface area contributed by atoms with Crippen molar-refractivity contribution in [1.29, 1.82) is 0 Å². The molecule has 110 valence electrons. The Bertz CT molecular complexity index is 715. The predicted octanol–water partition coefficient (Wildman–Crippen LogP) is 3.15. The van der Waals surface area contributed by atoms with Crippen LogP contribution in [0.15, 0.2) is 18.2 Å². The van der Waals surface area contributed by atoms with Crippen LogP contribution in [-0.4, -0.2) is 23.8 Å². The van der Waals surface area contributed by atoms with Crippen LogP contribution >= 0.6 is 11.3 Å². The van der Waals surface area contributed by atoms with Gasteiger partial charge in [-0.3, -0.25) is 4.79 Å². The number of anilines is 2. The minimum Gasteiger partial charge on any atom is -0.464 e. The Morgan fingerprint density at radius 1 is 1.33 bits per heavy atom. The van der Waals surface area contributed by atoms with E-state index >= 15 is 0 Å². The van der Waals surface area contributed by atoms with Crippen molar-refractivity contribution in [1.82, 2.24) is 4.98 Å². The largest absolute Gasteiger partial charge is 0.464 e. The standard InChI is InChI=1S/C13H10F2N2O3S/c1-6(18)11-10(12(19)20-2)17-13(21-11)16-9-5-7(14)3-4-8(9)15/h3-5H,1-2H3,(H,16,17). The molecule has 21 heavy (non-hydrogen) atoms. The van der Waals surface area contributed by atoms with Crippen LogP contribution in [0.2, 0.25) is 0 Å². The number of ketones is 1. The van der Waals surface area contributed by atoms with Crippen LogP contribution in [0.1, 0.15) is 27.1 Å². The van der Waals surface area contributed by atoms with Gasteiger partial charge in [0.2, 0.25) is 0 Å². The van der Waals surface area contributed by atoms with E-state index in [1.807, 2.05) is 0 Å². The molecule has 0 atom stereocenters. The van der Waals surface area contributed by atoms with Gasteiger partial charge in [0.15, 0.2) is 16.6 Å². The first-order valence-electron chi connectivity index (χ1n) is 5.74. The molecule has 0 aliphatic rings. The molecule has 0 bridgehead atoms. The van der Waals surface area contributed by atoms with E-state index in [9.17, 15) is 18.4 Å². The Labute approximate surface area is 122 Å². The molecule has 0 aliphatic heterocycles. The highest BCUT2D eigenvalue weighted by atomic mass is 32.1. The van der Waals surface area contributed by atoms with E-state index in [2.05, 4.69) is 15.0 Å². The molecule has 0 spiro atoms. The summed E-state index contributed by atoms with van der Waals surface area (Å²) in [5, 5.41) is 2.63. The summed E-state index contributed by atoms with van der Waals surface area (Å²) in [6, 6.07) is 2.88. The number of nitrogens with one attached hydrogen (secondary N) is 1. The monoisotopic (exact) mass is 312 g/mol. The molecule has 0 fully saturated rings. The highest BCUT2D eigenvalue weighted by molar-refractivity contribution is 7.17. The Kier molecular flexibility index (Phi) is 4.27. The van der Waals surface area contributed by atoms with Crippen LogP contribution in [0, 0.1) is 11.6 Å². The van der Waals surface area contributed by atoms with Crippen LogP contribution in [0.25, 0.3) is 0 Å². The fourth-order valence-electron chi connectivity index (χ4n) is 1.56. The topological polar surface area (TPSA) is 68.3 Å². The first-order chi connectivity index (χ1) is 9.92. The number of rotatable bonds is 4. The van der Waals surface area contributed by atoms with Crippen molar-refractivity contribution in [3.8, 4) is 0 Å². The van der Waals surface area contributed by atoms with E-state index in [0.29, 0.717) is 0 Å². The van der Waals surface area contributed by atoms with Crippen molar-refractivity contribution in [3.05, 3.63) is 40.4 Å². The zero-order valence-electron chi connectivity index (χ0n) is 11.1. The summed E-state index contributed by atoms with van der Waals surface area (Å²) in [4.78, 5) is 27.0. The van der Waals surface area contributed by atoms with E-state index in [4.69, 9.17) is 0 Å². The lowest BCUT2D eigenvalue weighted by Crippen LogP contribution is -2.07. The van der Waals surface area contributed by atoms with E-state index in [1.54, 1.807) is 0 Å². The second-order valence-corrected chi connectivity index (χ2v) is 4.99. The van der Waals surface area contributed by atoms with Crippen LogP contribution in [0.5, 0.6) is 0 Å².